The Bertz CT molecular complexity index is 727. The van der Waals surface area contributed by atoms with E-state index in [0.717, 1.165) is 24.7 Å². The number of sulfone groups is 1. The van der Waals surface area contributed by atoms with E-state index in [-0.39, 0.29) is 10.7 Å². The molecule has 1 aromatic carbocycles. The van der Waals surface area contributed by atoms with Crippen molar-refractivity contribution < 1.29 is 22.7 Å². The van der Waals surface area contributed by atoms with Crippen LogP contribution in [0.15, 0.2) is 34.9 Å². The fourth-order valence-corrected chi connectivity index (χ4v) is 3.13. The lowest BCUT2D eigenvalue weighted by molar-refractivity contribution is -0.147. The highest BCUT2D eigenvalue weighted by molar-refractivity contribution is 7.90. The number of ether oxygens (including phenoxy) is 2. The van der Waals surface area contributed by atoms with Gasteiger partial charge in [0.1, 0.15) is 5.60 Å². The molecule has 0 fully saturated rings. The zero-order valence-corrected chi connectivity index (χ0v) is 14.7. The molecule has 0 atom stereocenters. The molecule has 1 aliphatic heterocycles. The molecule has 2 rings (SSSR count). The molecule has 1 aromatic rings. The van der Waals surface area contributed by atoms with E-state index < -0.39 is 21.4 Å². The molecule has 23 heavy (non-hydrogen) atoms. The molecule has 0 aliphatic carbocycles. The van der Waals surface area contributed by atoms with Crippen molar-refractivity contribution in [3.05, 3.63) is 35.6 Å². The van der Waals surface area contributed by atoms with Gasteiger partial charge in [-0.15, -0.1) is 0 Å². The van der Waals surface area contributed by atoms with Gasteiger partial charge in [0.2, 0.25) is 5.76 Å². The van der Waals surface area contributed by atoms with Gasteiger partial charge < -0.3 is 9.47 Å². The second-order valence-corrected chi connectivity index (χ2v) is 8.12. The first kappa shape index (κ1) is 17.5. The lowest BCUT2D eigenvalue weighted by Crippen LogP contribution is -2.22. The van der Waals surface area contributed by atoms with Crippen molar-refractivity contribution in [2.75, 3.05) is 12.9 Å². The van der Waals surface area contributed by atoms with Crippen molar-refractivity contribution in [2.45, 2.75) is 44.1 Å². The largest absolute Gasteiger partial charge is 0.486 e. The van der Waals surface area contributed by atoms with Crippen molar-refractivity contribution in [3.8, 4) is 0 Å². The molecule has 1 heterocycles. The Labute approximate surface area is 137 Å². The van der Waals surface area contributed by atoms with Gasteiger partial charge in [0.05, 0.1) is 17.1 Å². The molecule has 0 saturated carbocycles. The van der Waals surface area contributed by atoms with E-state index >= 15 is 0 Å². The summed E-state index contributed by atoms with van der Waals surface area (Å²) >= 11 is 0. The SMILES string of the molecule is CCCCOC1=C(c2ccc(S(C)(=O)=O)cc2)C(C)(C)OC1=O. The highest BCUT2D eigenvalue weighted by Crippen LogP contribution is 2.40. The number of unbranched alkanes of at least 4 members (excludes halogenated alkanes) is 1. The Hall–Kier alpha value is -1.82. The smallest absolute Gasteiger partial charge is 0.374 e. The average molecular weight is 338 g/mol. The molecule has 5 nitrogen and oxygen atoms in total. The molecule has 0 amide bonds. The quantitative estimate of drug-likeness (QED) is 0.589. The standard InChI is InChI=1S/C17H22O5S/c1-5-6-11-21-15-14(17(2,3)22-16(15)18)12-7-9-13(10-8-12)23(4,19)20/h7-10H,5-6,11H2,1-4H3. The van der Waals surface area contributed by atoms with E-state index in [4.69, 9.17) is 9.47 Å². The molecule has 0 aromatic heterocycles. The van der Waals surface area contributed by atoms with Crippen molar-refractivity contribution in [3.63, 3.8) is 0 Å². The van der Waals surface area contributed by atoms with Crippen molar-refractivity contribution in [2.24, 2.45) is 0 Å². The number of rotatable bonds is 6. The molecule has 0 saturated heterocycles. The first-order valence-corrected chi connectivity index (χ1v) is 9.47. The van der Waals surface area contributed by atoms with Crippen molar-refractivity contribution in [1.29, 1.82) is 0 Å². The predicted molar refractivity (Wildman–Crippen MR) is 87.5 cm³/mol. The van der Waals surface area contributed by atoms with E-state index in [1.54, 1.807) is 26.0 Å². The monoisotopic (exact) mass is 338 g/mol. The fourth-order valence-electron chi connectivity index (χ4n) is 2.50. The summed E-state index contributed by atoms with van der Waals surface area (Å²) in [6.07, 6.45) is 2.97. The first-order chi connectivity index (χ1) is 10.7. The van der Waals surface area contributed by atoms with Gasteiger partial charge in [-0.3, -0.25) is 0 Å². The zero-order chi connectivity index (χ0) is 17.3. The Kier molecular flexibility index (Phi) is 4.84. The van der Waals surface area contributed by atoms with Crippen LogP contribution >= 0.6 is 0 Å². The minimum Gasteiger partial charge on any atom is -0.486 e. The lowest BCUT2D eigenvalue weighted by atomic mass is 9.92. The topological polar surface area (TPSA) is 69.7 Å². The minimum absolute atomic E-state index is 0.218. The Balaban J connectivity index is 2.44. The summed E-state index contributed by atoms with van der Waals surface area (Å²) in [5.74, 6) is -0.260. The van der Waals surface area contributed by atoms with Crippen LogP contribution in [0, 0.1) is 0 Å². The highest BCUT2D eigenvalue weighted by atomic mass is 32.2. The Morgan fingerprint density at radius 3 is 2.30 bits per heavy atom. The Morgan fingerprint density at radius 2 is 1.78 bits per heavy atom. The van der Waals surface area contributed by atoms with E-state index in [1.807, 2.05) is 6.92 Å². The molecule has 0 radical (unpaired) electrons. The molecule has 0 unspecified atom stereocenters. The van der Waals surface area contributed by atoms with Gasteiger partial charge in [-0.05, 0) is 38.0 Å². The van der Waals surface area contributed by atoms with E-state index in [0.29, 0.717) is 12.2 Å². The summed E-state index contributed by atoms with van der Waals surface area (Å²) in [5.41, 5.74) is 0.559. The number of benzene rings is 1. The van der Waals surface area contributed by atoms with Crippen LogP contribution in [-0.4, -0.2) is 32.9 Å². The van der Waals surface area contributed by atoms with Crippen LogP contribution in [0.5, 0.6) is 0 Å². The fraction of sp³-hybridized carbons (Fsp3) is 0.471. The van der Waals surface area contributed by atoms with Crippen molar-refractivity contribution >= 4 is 21.4 Å². The van der Waals surface area contributed by atoms with Gasteiger partial charge in [0, 0.05) is 6.26 Å². The van der Waals surface area contributed by atoms with Crippen LogP contribution in [0.4, 0.5) is 0 Å². The predicted octanol–water partition coefficient (Wildman–Crippen LogP) is 2.95. The summed E-state index contributed by atoms with van der Waals surface area (Å²) in [6, 6.07) is 6.41. The maximum absolute atomic E-state index is 12.1. The molecule has 0 spiro atoms. The summed E-state index contributed by atoms with van der Waals surface area (Å²) in [6.45, 7) is 6.07. The van der Waals surface area contributed by atoms with Crippen LogP contribution < -0.4 is 0 Å². The molecular formula is C17H22O5S. The third-order valence-corrected chi connectivity index (χ3v) is 4.81. The van der Waals surface area contributed by atoms with Crippen LogP contribution in [0.25, 0.3) is 5.57 Å². The van der Waals surface area contributed by atoms with Gasteiger partial charge >= 0.3 is 5.97 Å². The van der Waals surface area contributed by atoms with E-state index in [9.17, 15) is 13.2 Å². The summed E-state index contributed by atoms with van der Waals surface area (Å²) in [5, 5.41) is 0. The third kappa shape index (κ3) is 3.75. The Morgan fingerprint density at radius 1 is 1.17 bits per heavy atom. The van der Waals surface area contributed by atoms with E-state index in [1.165, 1.54) is 12.1 Å². The number of carbonyl (C=O) groups is 1. The maximum Gasteiger partial charge on any atom is 0.374 e. The minimum atomic E-state index is -3.26. The van der Waals surface area contributed by atoms with Crippen LogP contribution in [-0.2, 0) is 24.1 Å². The first-order valence-electron chi connectivity index (χ1n) is 7.58. The van der Waals surface area contributed by atoms with Gasteiger partial charge in [0.15, 0.2) is 9.84 Å². The molecule has 0 bridgehead atoms. The average Bonchev–Trinajstić information content (AvgIpc) is 2.67. The third-order valence-electron chi connectivity index (χ3n) is 3.68. The number of cyclic esters (lactones) is 1. The highest BCUT2D eigenvalue weighted by Gasteiger charge is 2.42. The van der Waals surface area contributed by atoms with Crippen LogP contribution in [0.1, 0.15) is 39.2 Å². The summed E-state index contributed by atoms with van der Waals surface area (Å²) < 4.78 is 34.2. The molecule has 1 aliphatic rings. The molecule has 126 valence electrons. The second-order valence-electron chi connectivity index (χ2n) is 6.10. The number of esters is 1. The van der Waals surface area contributed by atoms with Gasteiger partial charge in [-0.25, -0.2) is 13.2 Å². The van der Waals surface area contributed by atoms with Crippen molar-refractivity contribution in [1.82, 2.24) is 0 Å². The van der Waals surface area contributed by atoms with Crippen LogP contribution in [0.2, 0.25) is 0 Å². The van der Waals surface area contributed by atoms with Gasteiger partial charge in [-0.1, -0.05) is 25.5 Å². The van der Waals surface area contributed by atoms with Gasteiger partial charge in [-0.2, -0.15) is 0 Å². The molecular weight excluding hydrogens is 316 g/mol. The second kappa shape index (κ2) is 6.35. The van der Waals surface area contributed by atoms with Gasteiger partial charge in [0.25, 0.3) is 0 Å². The molecule has 6 heteroatoms. The maximum atomic E-state index is 12.1. The number of hydrogen-bond acceptors (Lipinski definition) is 5. The summed E-state index contributed by atoms with van der Waals surface area (Å²) in [4.78, 5) is 12.3. The van der Waals surface area contributed by atoms with Crippen LogP contribution in [0.3, 0.4) is 0 Å². The summed E-state index contributed by atoms with van der Waals surface area (Å²) in [7, 11) is -3.26. The number of carbonyl (C=O) groups excluding carboxylic acids is 1. The number of hydrogen-bond donors (Lipinski definition) is 0. The normalized spacial score (nSPS) is 17.3. The zero-order valence-electron chi connectivity index (χ0n) is 13.9. The molecule has 0 N–H and O–H groups in total. The van der Waals surface area contributed by atoms with E-state index in [2.05, 4.69) is 0 Å². The lowest BCUT2D eigenvalue weighted by Gasteiger charge is -2.21.